The van der Waals surface area contributed by atoms with Gasteiger partial charge in [0, 0.05) is 43.9 Å². The zero-order chi connectivity index (χ0) is 52.7. The van der Waals surface area contributed by atoms with Gasteiger partial charge >= 0.3 is 6.85 Å². The van der Waals surface area contributed by atoms with E-state index in [9.17, 15) is 0 Å². The first-order valence-corrected chi connectivity index (χ1v) is 28.2. The smallest absolute Gasteiger partial charge is 0.375 e. The lowest BCUT2D eigenvalue weighted by molar-refractivity contribution is 0.331. The number of benzene rings is 8. The van der Waals surface area contributed by atoms with Gasteiger partial charge in [-0.25, -0.2) is 0 Å². The molecule has 2 aromatic heterocycles. The lowest BCUT2D eigenvalue weighted by Gasteiger charge is -2.42. The van der Waals surface area contributed by atoms with E-state index in [1.165, 1.54) is 141 Å². The van der Waals surface area contributed by atoms with E-state index in [0.29, 0.717) is 0 Å². The van der Waals surface area contributed by atoms with E-state index in [1.807, 2.05) is 0 Å². The van der Waals surface area contributed by atoms with Crippen LogP contribution in [0.5, 0.6) is 0 Å². The molecule has 5 aliphatic rings. The summed E-state index contributed by atoms with van der Waals surface area (Å²) in [4.78, 5) is 2.71. The molecule has 2 aliphatic heterocycles. The highest BCUT2D eigenvalue weighted by Crippen LogP contribution is 2.62. The molecule has 76 heavy (non-hydrogen) atoms. The second-order valence-corrected chi connectivity index (χ2v) is 28.0. The maximum absolute atomic E-state index is 7.66. The average molecular weight is 989 g/mol. The third-order valence-corrected chi connectivity index (χ3v) is 19.7. The number of rotatable bonds is 2. The highest BCUT2D eigenvalue weighted by Gasteiger charge is 2.53. The Kier molecular flexibility index (Phi) is 8.83. The summed E-state index contributed by atoms with van der Waals surface area (Å²) in [6, 6.07) is 54.6. The average Bonchev–Trinajstić information content (AvgIpc) is 4.27. The van der Waals surface area contributed by atoms with E-state index < -0.39 is 0 Å². The number of anilines is 2. The first kappa shape index (κ1) is 46.3. The van der Waals surface area contributed by atoms with E-state index in [0.717, 1.165) is 22.3 Å². The van der Waals surface area contributed by atoms with Crippen LogP contribution in [0.4, 0.5) is 11.4 Å². The van der Waals surface area contributed by atoms with Gasteiger partial charge in [0.05, 0.1) is 16.7 Å². The van der Waals surface area contributed by atoms with Crippen molar-refractivity contribution < 1.29 is 4.42 Å². The predicted octanol–water partition coefficient (Wildman–Crippen LogP) is 18.0. The molecule has 0 saturated carbocycles. The third-order valence-electron chi connectivity index (χ3n) is 19.7. The molecule has 0 amide bonds. The SMILES string of the molecule is CC(C)(C)c1ccc(N2B3c4oc5ccc(-c6ccccc6)cc5c4-n4c5ccc(C(C)(C)C)cc5c5c6c(c(c3c54)-c3cc4c(cc32)-c2cc3c(cc2C4(C)C)C(C)(C)CCC3(C)C)-c2ccccc2C6(C)C)cc1. The molecule has 4 heterocycles. The highest BCUT2D eigenvalue weighted by molar-refractivity contribution is 6.93. The minimum atomic E-state index is -0.294. The van der Waals surface area contributed by atoms with Gasteiger partial charge in [0.2, 0.25) is 0 Å². The summed E-state index contributed by atoms with van der Waals surface area (Å²) in [7, 11) is 0. The Hall–Kier alpha value is -7.04. The summed E-state index contributed by atoms with van der Waals surface area (Å²) < 4.78 is 10.3. The van der Waals surface area contributed by atoms with Crippen molar-refractivity contribution in [2.45, 2.75) is 142 Å². The summed E-state index contributed by atoms with van der Waals surface area (Å²) in [6.07, 6.45) is 2.37. The molecule has 0 fully saturated rings. The highest BCUT2D eigenvalue weighted by atomic mass is 16.3. The molecule has 0 unspecified atom stereocenters. The molecule has 0 radical (unpaired) electrons. The molecule has 0 N–H and O–H groups in total. The van der Waals surface area contributed by atoms with Crippen molar-refractivity contribution in [3.05, 3.63) is 184 Å². The maximum atomic E-state index is 7.66. The number of hydrogen-bond acceptors (Lipinski definition) is 2. The van der Waals surface area contributed by atoms with Crippen molar-refractivity contribution in [3.8, 4) is 50.2 Å². The number of fused-ring (bicyclic) bond motifs is 19. The molecule has 10 aromatic rings. The first-order chi connectivity index (χ1) is 36.0. The van der Waals surface area contributed by atoms with Crippen LogP contribution in [0, 0.1) is 0 Å². The Labute approximate surface area is 450 Å². The fourth-order valence-electron chi connectivity index (χ4n) is 15.3. The fraction of sp³-hybridized carbons (Fsp3) is 0.306. The molecular weight excluding hydrogens is 920 g/mol. The minimum Gasteiger partial charge on any atom is -0.466 e. The van der Waals surface area contributed by atoms with Gasteiger partial charge in [0.1, 0.15) is 11.2 Å². The molecule has 3 nitrogen and oxygen atoms in total. The molecule has 15 rings (SSSR count). The van der Waals surface area contributed by atoms with Crippen LogP contribution < -0.4 is 15.9 Å². The van der Waals surface area contributed by atoms with Gasteiger partial charge in [0.25, 0.3) is 0 Å². The Morgan fingerprint density at radius 1 is 0.500 bits per heavy atom. The summed E-state index contributed by atoms with van der Waals surface area (Å²) >= 11 is 0. The topological polar surface area (TPSA) is 21.3 Å². The second kappa shape index (κ2) is 14.5. The van der Waals surface area contributed by atoms with Crippen LogP contribution in [-0.4, -0.2) is 11.4 Å². The molecular formula is C72H69BN2O. The molecule has 0 spiro atoms. The van der Waals surface area contributed by atoms with Crippen molar-refractivity contribution in [3.63, 3.8) is 0 Å². The second-order valence-electron chi connectivity index (χ2n) is 28.0. The van der Waals surface area contributed by atoms with Gasteiger partial charge in [-0.05, 0) is 178 Å². The van der Waals surface area contributed by atoms with Gasteiger partial charge in [-0.1, -0.05) is 182 Å². The largest absolute Gasteiger partial charge is 0.466 e. The van der Waals surface area contributed by atoms with E-state index in [4.69, 9.17) is 4.42 Å². The number of furan rings is 1. The van der Waals surface area contributed by atoms with Gasteiger partial charge in [-0.15, -0.1) is 0 Å². The standard InChI is InChI=1S/C72H69BN2O/c1-67(2,3)42-25-28-44(29-26-42)75-57-38-47-46-36-54-55(70(9,10)33-32-69(54,7)8)39-53(46)71(11,12)52(47)37-49(57)60-59-45-22-18-19-23-51(45)72(13,14)62(59)61-48-35-43(68(4,5)6)27-30-56(48)74-64-50-34-41(40-20-16-15-17-21-40)24-31-58(50)76-66(64)73(75)63(60)65(61)74/h15-31,34-39H,32-33H2,1-14H3. The van der Waals surface area contributed by atoms with Crippen LogP contribution in [0.3, 0.4) is 0 Å². The zero-order valence-corrected chi connectivity index (χ0v) is 47.1. The molecule has 0 atom stereocenters. The first-order valence-electron chi connectivity index (χ1n) is 28.2. The van der Waals surface area contributed by atoms with Crippen molar-refractivity contribution in [2.24, 2.45) is 0 Å². The van der Waals surface area contributed by atoms with Crippen LogP contribution in [-0.2, 0) is 32.5 Å². The van der Waals surface area contributed by atoms with E-state index in [2.05, 4.69) is 246 Å². The minimum absolute atomic E-state index is 0.00447. The van der Waals surface area contributed by atoms with Gasteiger partial charge in [-0.2, -0.15) is 0 Å². The molecule has 0 saturated heterocycles. The van der Waals surface area contributed by atoms with Gasteiger partial charge < -0.3 is 13.8 Å². The monoisotopic (exact) mass is 989 g/mol. The van der Waals surface area contributed by atoms with Crippen molar-refractivity contribution in [1.29, 1.82) is 0 Å². The molecule has 4 heteroatoms. The van der Waals surface area contributed by atoms with Crippen LogP contribution in [0.2, 0.25) is 0 Å². The van der Waals surface area contributed by atoms with Gasteiger partial charge in [0.15, 0.2) is 0 Å². The molecule has 3 aliphatic carbocycles. The third kappa shape index (κ3) is 5.86. The molecule has 0 bridgehead atoms. The van der Waals surface area contributed by atoms with Crippen molar-refractivity contribution >= 4 is 62.1 Å². The van der Waals surface area contributed by atoms with E-state index >= 15 is 0 Å². The maximum Gasteiger partial charge on any atom is 0.375 e. The summed E-state index contributed by atoms with van der Waals surface area (Å²) in [5.41, 5.74) is 30.9. The Morgan fingerprint density at radius 2 is 1.13 bits per heavy atom. The van der Waals surface area contributed by atoms with Crippen LogP contribution >= 0.6 is 0 Å². The number of nitrogens with zero attached hydrogens (tertiary/aromatic N) is 2. The van der Waals surface area contributed by atoms with Crippen LogP contribution in [0.15, 0.2) is 144 Å². The fourth-order valence-corrected chi connectivity index (χ4v) is 15.3. The quantitative estimate of drug-likeness (QED) is 0.161. The Bertz CT molecular complexity index is 4230. The predicted molar refractivity (Wildman–Crippen MR) is 323 cm³/mol. The van der Waals surface area contributed by atoms with Gasteiger partial charge in [-0.3, -0.25) is 0 Å². The summed E-state index contributed by atoms with van der Waals surface area (Å²) in [5.74, 6) is 0. The van der Waals surface area contributed by atoms with E-state index in [1.54, 1.807) is 0 Å². The van der Waals surface area contributed by atoms with Crippen LogP contribution in [0.25, 0.3) is 83.0 Å². The lowest BCUT2D eigenvalue weighted by Crippen LogP contribution is -2.60. The molecule has 376 valence electrons. The number of aromatic nitrogens is 1. The summed E-state index contributed by atoms with van der Waals surface area (Å²) in [5, 5.41) is 3.82. The Morgan fingerprint density at radius 3 is 1.84 bits per heavy atom. The van der Waals surface area contributed by atoms with Crippen molar-refractivity contribution in [2.75, 3.05) is 4.81 Å². The van der Waals surface area contributed by atoms with E-state index in [-0.39, 0.29) is 39.3 Å². The normalized spacial score (nSPS) is 17.6. The molecule has 8 aromatic carbocycles. The lowest BCUT2D eigenvalue weighted by atomic mass is 9.45. The van der Waals surface area contributed by atoms with Crippen molar-refractivity contribution in [1.82, 2.24) is 4.57 Å². The number of hydrogen-bond donors (Lipinski definition) is 0. The Balaban J connectivity index is 1.15. The zero-order valence-electron chi connectivity index (χ0n) is 47.1. The van der Waals surface area contributed by atoms with Crippen LogP contribution in [0.1, 0.15) is 154 Å². The summed E-state index contributed by atoms with van der Waals surface area (Å²) in [6.45, 7) is 33.6.